The van der Waals surface area contributed by atoms with E-state index in [1.165, 1.54) is 0 Å². The van der Waals surface area contributed by atoms with Crippen molar-refractivity contribution in [3.63, 3.8) is 0 Å². The van der Waals surface area contributed by atoms with Gasteiger partial charge in [0.1, 0.15) is 11.5 Å². The van der Waals surface area contributed by atoms with Gasteiger partial charge in [0.15, 0.2) is 0 Å². The molecule has 0 amide bonds. The highest BCUT2D eigenvalue weighted by molar-refractivity contribution is 5.96. The van der Waals surface area contributed by atoms with Crippen LogP contribution in [-0.4, -0.2) is 11.8 Å². The standard InChI is InChI=1S/C17H14O3/c18-13-10-9-12-5-4-8-15(16(12)11-13)17(19)20-14-6-2-1-3-7-14/h1-8H,9-11H2. The fourth-order valence-corrected chi connectivity index (χ4v) is 2.48. The minimum Gasteiger partial charge on any atom is -0.423 e. The van der Waals surface area contributed by atoms with Crippen LogP contribution in [0.3, 0.4) is 0 Å². The summed E-state index contributed by atoms with van der Waals surface area (Å²) in [5.74, 6) is 0.289. The first-order chi connectivity index (χ1) is 9.74. The van der Waals surface area contributed by atoms with Gasteiger partial charge < -0.3 is 4.74 Å². The highest BCUT2D eigenvalue weighted by Crippen LogP contribution is 2.24. The molecular formula is C17H14O3. The molecule has 0 aromatic heterocycles. The lowest BCUT2D eigenvalue weighted by molar-refractivity contribution is -0.118. The molecule has 3 heteroatoms. The van der Waals surface area contributed by atoms with Gasteiger partial charge in [0, 0.05) is 12.8 Å². The summed E-state index contributed by atoms with van der Waals surface area (Å²) in [6, 6.07) is 14.5. The number of ketones is 1. The molecular weight excluding hydrogens is 252 g/mol. The van der Waals surface area contributed by atoms with E-state index >= 15 is 0 Å². The number of aryl methyl sites for hydroxylation is 1. The van der Waals surface area contributed by atoms with Crippen molar-refractivity contribution in [2.75, 3.05) is 0 Å². The van der Waals surface area contributed by atoms with Gasteiger partial charge in [-0.15, -0.1) is 0 Å². The quantitative estimate of drug-likeness (QED) is 0.620. The van der Waals surface area contributed by atoms with Gasteiger partial charge in [-0.05, 0) is 35.7 Å². The smallest absolute Gasteiger partial charge is 0.343 e. The summed E-state index contributed by atoms with van der Waals surface area (Å²) in [5.41, 5.74) is 2.40. The summed E-state index contributed by atoms with van der Waals surface area (Å²) >= 11 is 0. The molecule has 0 N–H and O–H groups in total. The minimum absolute atomic E-state index is 0.178. The molecule has 0 spiro atoms. The van der Waals surface area contributed by atoms with Crippen molar-refractivity contribution in [3.8, 4) is 5.75 Å². The number of carbonyl (C=O) groups is 2. The number of carbonyl (C=O) groups excluding carboxylic acids is 2. The SMILES string of the molecule is O=C1CCc2cccc(C(=O)Oc3ccccc3)c2C1. The van der Waals surface area contributed by atoms with Gasteiger partial charge in [-0.25, -0.2) is 4.79 Å². The van der Waals surface area contributed by atoms with Crippen molar-refractivity contribution >= 4 is 11.8 Å². The molecule has 3 rings (SSSR count). The molecule has 100 valence electrons. The topological polar surface area (TPSA) is 43.4 Å². The molecule has 0 saturated heterocycles. The van der Waals surface area contributed by atoms with Crippen LogP contribution in [0.5, 0.6) is 5.75 Å². The molecule has 0 aliphatic heterocycles. The third-order valence-corrected chi connectivity index (χ3v) is 3.49. The van der Waals surface area contributed by atoms with Gasteiger partial charge in [-0.1, -0.05) is 30.3 Å². The Morgan fingerprint density at radius 2 is 1.75 bits per heavy atom. The Kier molecular flexibility index (Phi) is 3.33. The van der Waals surface area contributed by atoms with E-state index in [9.17, 15) is 9.59 Å². The van der Waals surface area contributed by atoms with E-state index in [1.54, 1.807) is 18.2 Å². The molecule has 0 atom stereocenters. The molecule has 0 fully saturated rings. The minimum atomic E-state index is -0.400. The van der Waals surface area contributed by atoms with E-state index in [0.29, 0.717) is 30.6 Å². The van der Waals surface area contributed by atoms with Crippen molar-refractivity contribution in [2.45, 2.75) is 19.3 Å². The van der Waals surface area contributed by atoms with E-state index in [2.05, 4.69) is 0 Å². The second-order valence-electron chi connectivity index (χ2n) is 4.86. The summed E-state index contributed by atoms with van der Waals surface area (Å²) in [4.78, 5) is 23.9. The molecule has 1 aliphatic rings. The maximum absolute atomic E-state index is 12.3. The molecule has 0 saturated carbocycles. The predicted octanol–water partition coefficient (Wildman–Crippen LogP) is 2.96. The first-order valence-corrected chi connectivity index (χ1v) is 6.64. The molecule has 0 bridgehead atoms. The highest BCUT2D eigenvalue weighted by atomic mass is 16.5. The number of esters is 1. The summed E-state index contributed by atoms with van der Waals surface area (Å²) in [6.45, 7) is 0. The number of para-hydroxylation sites is 1. The van der Waals surface area contributed by atoms with Crippen LogP contribution >= 0.6 is 0 Å². The normalized spacial score (nSPS) is 13.7. The van der Waals surface area contributed by atoms with Crippen LogP contribution in [0.2, 0.25) is 0 Å². The van der Waals surface area contributed by atoms with Gasteiger partial charge >= 0.3 is 5.97 Å². The third-order valence-electron chi connectivity index (χ3n) is 3.49. The van der Waals surface area contributed by atoms with Crippen LogP contribution in [0.15, 0.2) is 48.5 Å². The van der Waals surface area contributed by atoms with Gasteiger partial charge in [0.2, 0.25) is 0 Å². The zero-order chi connectivity index (χ0) is 13.9. The highest BCUT2D eigenvalue weighted by Gasteiger charge is 2.22. The van der Waals surface area contributed by atoms with Crippen molar-refractivity contribution in [2.24, 2.45) is 0 Å². The van der Waals surface area contributed by atoms with Crippen molar-refractivity contribution in [3.05, 3.63) is 65.2 Å². The maximum atomic E-state index is 12.3. The van der Waals surface area contributed by atoms with Gasteiger partial charge in [-0.3, -0.25) is 4.79 Å². The average molecular weight is 266 g/mol. The Balaban J connectivity index is 1.91. The Bertz CT molecular complexity index is 659. The molecule has 0 heterocycles. The number of hydrogen-bond donors (Lipinski definition) is 0. The fourth-order valence-electron chi connectivity index (χ4n) is 2.48. The number of hydrogen-bond acceptors (Lipinski definition) is 3. The van der Waals surface area contributed by atoms with Gasteiger partial charge in [0.25, 0.3) is 0 Å². The Labute approximate surface area is 117 Å². The molecule has 0 radical (unpaired) electrons. The van der Waals surface area contributed by atoms with Gasteiger partial charge in [-0.2, -0.15) is 0 Å². The summed E-state index contributed by atoms with van der Waals surface area (Å²) in [7, 11) is 0. The van der Waals surface area contributed by atoms with E-state index in [1.807, 2.05) is 30.3 Å². The Morgan fingerprint density at radius 3 is 2.55 bits per heavy atom. The Morgan fingerprint density at radius 1 is 0.950 bits per heavy atom. The number of rotatable bonds is 2. The van der Waals surface area contributed by atoms with Crippen LogP contribution in [0.1, 0.15) is 27.9 Å². The molecule has 2 aromatic rings. The summed E-state index contributed by atoms with van der Waals surface area (Å²) in [5, 5.41) is 0. The van der Waals surface area contributed by atoms with Crippen LogP contribution in [-0.2, 0) is 17.6 Å². The largest absolute Gasteiger partial charge is 0.423 e. The van der Waals surface area contributed by atoms with Crippen molar-refractivity contribution in [1.82, 2.24) is 0 Å². The van der Waals surface area contributed by atoms with Crippen LogP contribution < -0.4 is 4.74 Å². The van der Waals surface area contributed by atoms with E-state index in [0.717, 1.165) is 11.1 Å². The van der Waals surface area contributed by atoms with Gasteiger partial charge in [0.05, 0.1) is 5.56 Å². The second-order valence-corrected chi connectivity index (χ2v) is 4.86. The number of ether oxygens (including phenoxy) is 1. The third kappa shape index (κ3) is 2.48. The molecule has 2 aromatic carbocycles. The first kappa shape index (κ1) is 12.6. The molecule has 0 unspecified atom stereocenters. The first-order valence-electron chi connectivity index (χ1n) is 6.64. The lowest BCUT2D eigenvalue weighted by Crippen LogP contribution is -2.19. The van der Waals surface area contributed by atoms with E-state index < -0.39 is 5.97 Å². The fraction of sp³-hybridized carbons (Fsp3) is 0.176. The average Bonchev–Trinajstić information content (AvgIpc) is 2.47. The zero-order valence-corrected chi connectivity index (χ0v) is 11.0. The monoisotopic (exact) mass is 266 g/mol. The number of Topliss-reactive ketones (excluding diaryl/α,β-unsaturated/α-hetero) is 1. The molecule has 3 nitrogen and oxygen atoms in total. The maximum Gasteiger partial charge on any atom is 0.343 e. The second kappa shape index (κ2) is 5.29. The van der Waals surface area contributed by atoms with E-state index in [4.69, 9.17) is 4.74 Å². The van der Waals surface area contributed by atoms with Crippen LogP contribution in [0.25, 0.3) is 0 Å². The Hall–Kier alpha value is -2.42. The predicted molar refractivity (Wildman–Crippen MR) is 74.9 cm³/mol. The zero-order valence-electron chi connectivity index (χ0n) is 11.0. The lowest BCUT2D eigenvalue weighted by atomic mass is 9.87. The van der Waals surface area contributed by atoms with Crippen LogP contribution in [0, 0.1) is 0 Å². The molecule has 20 heavy (non-hydrogen) atoms. The molecule has 1 aliphatic carbocycles. The lowest BCUT2D eigenvalue weighted by Gasteiger charge is -2.17. The van der Waals surface area contributed by atoms with Crippen molar-refractivity contribution < 1.29 is 14.3 Å². The number of benzene rings is 2. The summed E-state index contributed by atoms with van der Waals surface area (Å²) < 4.78 is 5.35. The van der Waals surface area contributed by atoms with Crippen LogP contribution in [0.4, 0.5) is 0 Å². The van der Waals surface area contributed by atoms with E-state index in [-0.39, 0.29) is 5.78 Å². The van der Waals surface area contributed by atoms with Crippen molar-refractivity contribution in [1.29, 1.82) is 0 Å². The number of fused-ring (bicyclic) bond motifs is 1. The summed E-state index contributed by atoms with van der Waals surface area (Å²) in [6.07, 6.45) is 1.60.